The van der Waals surface area contributed by atoms with E-state index in [2.05, 4.69) is 9.97 Å². The van der Waals surface area contributed by atoms with Gasteiger partial charge in [0.2, 0.25) is 0 Å². The number of nitrogens with one attached hydrogen (secondary N) is 1. The number of aryl methyl sites for hydroxylation is 1. The van der Waals surface area contributed by atoms with Gasteiger partial charge in [-0.25, -0.2) is 4.98 Å². The highest BCUT2D eigenvalue weighted by atomic mass is 35.5. The first-order valence-corrected chi connectivity index (χ1v) is 6.89. The minimum atomic E-state index is -0.165. The van der Waals surface area contributed by atoms with Gasteiger partial charge in [-0.05, 0) is 30.7 Å². The quantitative estimate of drug-likeness (QED) is 0.806. The molecule has 0 saturated carbocycles. The number of benzene rings is 2. The summed E-state index contributed by atoms with van der Waals surface area (Å²) in [6.07, 6.45) is 0. The smallest absolute Gasteiger partial charge is 0.258 e. The van der Waals surface area contributed by atoms with Crippen LogP contribution in [0.4, 0.5) is 0 Å². The summed E-state index contributed by atoms with van der Waals surface area (Å²) in [5.74, 6) is 1.04. The third-order valence-corrected chi connectivity index (χ3v) is 3.50. The maximum absolute atomic E-state index is 12.1. The highest BCUT2D eigenvalue weighted by Crippen LogP contribution is 2.23. The summed E-state index contributed by atoms with van der Waals surface area (Å²) < 4.78 is 5.60. The topological polar surface area (TPSA) is 55.0 Å². The Hall–Kier alpha value is -2.33. The molecule has 0 aliphatic carbocycles. The van der Waals surface area contributed by atoms with E-state index < -0.39 is 0 Å². The van der Waals surface area contributed by atoms with Gasteiger partial charge in [0.1, 0.15) is 18.2 Å². The van der Waals surface area contributed by atoms with E-state index in [0.717, 1.165) is 5.56 Å². The van der Waals surface area contributed by atoms with Crippen molar-refractivity contribution in [3.05, 3.63) is 69.2 Å². The number of aromatic amines is 1. The zero-order valence-electron chi connectivity index (χ0n) is 11.4. The Bertz CT molecular complexity index is 858. The SMILES string of the molecule is Cc1cccc2c(=O)[nH]c(COc3ccccc3Cl)nc12. The zero-order chi connectivity index (χ0) is 14.8. The van der Waals surface area contributed by atoms with Gasteiger partial charge in [0.25, 0.3) is 5.56 Å². The number of rotatable bonds is 3. The van der Waals surface area contributed by atoms with Gasteiger partial charge in [0.05, 0.1) is 15.9 Å². The molecule has 0 aliphatic heterocycles. The van der Waals surface area contributed by atoms with Crippen LogP contribution in [0, 0.1) is 6.92 Å². The van der Waals surface area contributed by atoms with Gasteiger partial charge in [-0.3, -0.25) is 4.79 Å². The number of para-hydroxylation sites is 2. The highest BCUT2D eigenvalue weighted by molar-refractivity contribution is 6.32. The number of halogens is 1. The first-order chi connectivity index (χ1) is 10.1. The number of H-pyrrole nitrogens is 1. The van der Waals surface area contributed by atoms with E-state index in [1.54, 1.807) is 18.2 Å². The largest absolute Gasteiger partial charge is 0.484 e. The fraction of sp³-hybridized carbons (Fsp3) is 0.125. The average molecular weight is 301 g/mol. The monoisotopic (exact) mass is 300 g/mol. The lowest BCUT2D eigenvalue weighted by Gasteiger charge is -2.08. The lowest BCUT2D eigenvalue weighted by Crippen LogP contribution is -2.14. The van der Waals surface area contributed by atoms with Crippen molar-refractivity contribution in [2.24, 2.45) is 0 Å². The van der Waals surface area contributed by atoms with Crippen molar-refractivity contribution in [3.63, 3.8) is 0 Å². The second-order valence-electron chi connectivity index (χ2n) is 4.70. The number of fused-ring (bicyclic) bond motifs is 1. The lowest BCUT2D eigenvalue weighted by atomic mass is 10.1. The van der Waals surface area contributed by atoms with Crippen LogP contribution < -0.4 is 10.3 Å². The van der Waals surface area contributed by atoms with Crippen molar-refractivity contribution in [3.8, 4) is 5.75 Å². The van der Waals surface area contributed by atoms with Crippen LogP contribution in [-0.4, -0.2) is 9.97 Å². The summed E-state index contributed by atoms with van der Waals surface area (Å²) in [6, 6.07) is 12.7. The van der Waals surface area contributed by atoms with Crippen molar-refractivity contribution >= 4 is 22.5 Å². The second-order valence-corrected chi connectivity index (χ2v) is 5.11. The first kappa shape index (κ1) is 13.6. The Balaban J connectivity index is 1.93. The van der Waals surface area contributed by atoms with E-state index in [0.29, 0.717) is 27.5 Å². The van der Waals surface area contributed by atoms with E-state index in [4.69, 9.17) is 16.3 Å². The average Bonchev–Trinajstić information content (AvgIpc) is 2.48. The summed E-state index contributed by atoms with van der Waals surface area (Å²) in [7, 11) is 0. The molecule has 0 aliphatic rings. The fourth-order valence-electron chi connectivity index (χ4n) is 2.13. The van der Waals surface area contributed by atoms with E-state index in [-0.39, 0.29) is 12.2 Å². The van der Waals surface area contributed by atoms with E-state index >= 15 is 0 Å². The molecule has 3 aromatic rings. The molecule has 0 atom stereocenters. The Morgan fingerprint density at radius 3 is 2.81 bits per heavy atom. The molecule has 1 aromatic heterocycles. The molecular formula is C16H13ClN2O2. The molecule has 4 nitrogen and oxygen atoms in total. The van der Waals surface area contributed by atoms with Crippen LogP contribution >= 0.6 is 11.6 Å². The summed E-state index contributed by atoms with van der Waals surface area (Å²) in [5.41, 5.74) is 1.48. The van der Waals surface area contributed by atoms with Gasteiger partial charge in [-0.15, -0.1) is 0 Å². The maximum atomic E-state index is 12.1. The van der Waals surface area contributed by atoms with Crippen LogP contribution in [0.1, 0.15) is 11.4 Å². The molecule has 1 N–H and O–H groups in total. The Labute approximate surface area is 126 Å². The normalized spacial score (nSPS) is 10.8. The number of hydrogen-bond acceptors (Lipinski definition) is 3. The molecule has 5 heteroatoms. The molecule has 0 fully saturated rings. The van der Waals surface area contributed by atoms with Gasteiger partial charge >= 0.3 is 0 Å². The zero-order valence-corrected chi connectivity index (χ0v) is 12.1. The van der Waals surface area contributed by atoms with Gasteiger partial charge in [0, 0.05) is 0 Å². The van der Waals surface area contributed by atoms with Crippen LogP contribution in [0.25, 0.3) is 10.9 Å². The summed E-state index contributed by atoms with van der Waals surface area (Å²) in [4.78, 5) is 19.2. The molecule has 1 heterocycles. The minimum absolute atomic E-state index is 0.156. The Morgan fingerprint density at radius 2 is 2.00 bits per heavy atom. The molecule has 0 amide bonds. The summed E-state index contributed by atoms with van der Waals surface area (Å²) in [5, 5.41) is 1.10. The van der Waals surface area contributed by atoms with Crippen LogP contribution in [0.3, 0.4) is 0 Å². The Morgan fingerprint density at radius 1 is 1.19 bits per heavy atom. The van der Waals surface area contributed by atoms with Crippen LogP contribution in [0.15, 0.2) is 47.3 Å². The predicted octanol–water partition coefficient (Wildman–Crippen LogP) is 3.46. The number of hydrogen-bond donors (Lipinski definition) is 1. The highest BCUT2D eigenvalue weighted by Gasteiger charge is 2.07. The third-order valence-electron chi connectivity index (χ3n) is 3.19. The van der Waals surface area contributed by atoms with Gasteiger partial charge < -0.3 is 9.72 Å². The molecule has 3 rings (SSSR count). The van der Waals surface area contributed by atoms with E-state index in [1.165, 1.54) is 0 Å². The molecule has 0 bridgehead atoms. The number of aromatic nitrogens is 2. The lowest BCUT2D eigenvalue weighted by molar-refractivity contribution is 0.296. The van der Waals surface area contributed by atoms with Gasteiger partial charge in [-0.2, -0.15) is 0 Å². The van der Waals surface area contributed by atoms with Crippen molar-refractivity contribution in [2.45, 2.75) is 13.5 Å². The van der Waals surface area contributed by atoms with Crippen LogP contribution in [0.2, 0.25) is 5.02 Å². The van der Waals surface area contributed by atoms with Crippen molar-refractivity contribution < 1.29 is 4.74 Å². The van der Waals surface area contributed by atoms with Crippen LogP contribution in [0.5, 0.6) is 5.75 Å². The fourth-order valence-corrected chi connectivity index (χ4v) is 2.32. The molecule has 21 heavy (non-hydrogen) atoms. The van der Waals surface area contributed by atoms with Crippen molar-refractivity contribution in [2.75, 3.05) is 0 Å². The molecule has 2 aromatic carbocycles. The summed E-state index contributed by atoms with van der Waals surface area (Å²) >= 11 is 6.02. The molecule has 106 valence electrons. The molecule has 0 saturated heterocycles. The van der Waals surface area contributed by atoms with E-state index in [9.17, 15) is 4.79 Å². The van der Waals surface area contributed by atoms with E-state index in [1.807, 2.05) is 31.2 Å². The molecular weight excluding hydrogens is 288 g/mol. The number of nitrogens with zero attached hydrogens (tertiary/aromatic N) is 1. The van der Waals surface area contributed by atoms with Crippen LogP contribution in [-0.2, 0) is 6.61 Å². The first-order valence-electron chi connectivity index (χ1n) is 6.51. The van der Waals surface area contributed by atoms with Gasteiger partial charge in [0.15, 0.2) is 0 Å². The van der Waals surface area contributed by atoms with Gasteiger partial charge in [-0.1, -0.05) is 35.9 Å². The number of ether oxygens (including phenoxy) is 1. The predicted molar refractivity (Wildman–Crippen MR) is 82.9 cm³/mol. The standard InChI is InChI=1S/C16H13ClN2O2/c1-10-5-4-6-11-15(10)18-14(19-16(11)20)9-21-13-8-3-2-7-12(13)17/h2-8H,9H2,1H3,(H,18,19,20). The van der Waals surface area contributed by atoms with Crippen molar-refractivity contribution in [1.29, 1.82) is 0 Å². The van der Waals surface area contributed by atoms with Crippen molar-refractivity contribution in [1.82, 2.24) is 9.97 Å². The molecule has 0 radical (unpaired) electrons. The minimum Gasteiger partial charge on any atom is -0.484 e. The molecule has 0 unspecified atom stereocenters. The second kappa shape index (κ2) is 5.58. The molecule has 0 spiro atoms. The summed E-state index contributed by atoms with van der Waals surface area (Å²) in [6.45, 7) is 2.08. The third kappa shape index (κ3) is 2.76. The maximum Gasteiger partial charge on any atom is 0.258 e. The Kier molecular flexibility index (Phi) is 3.62.